The molecule has 2 heterocycles. The van der Waals surface area contributed by atoms with Crippen molar-refractivity contribution in [2.75, 3.05) is 0 Å². The van der Waals surface area contributed by atoms with Crippen molar-refractivity contribution in [1.29, 1.82) is 0 Å². The number of hydrogen-bond acceptors (Lipinski definition) is 2. The number of imidazole rings is 1. The summed E-state index contributed by atoms with van der Waals surface area (Å²) in [6, 6.07) is 11.3. The molecule has 3 rings (SSSR count). The maximum Gasteiger partial charge on any atom is 0.356 e. The predicted octanol–water partition coefficient (Wildman–Crippen LogP) is 3.66. The lowest BCUT2D eigenvalue weighted by atomic mass is 10.0. The zero-order valence-corrected chi connectivity index (χ0v) is 11.4. The van der Waals surface area contributed by atoms with Crippen molar-refractivity contribution in [2.24, 2.45) is 0 Å². The van der Waals surface area contributed by atoms with Gasteiger partial charge in [-0.2, -0.15) is 0 Å². The van der Waals surface area contributed by atoms with Crippen LogP contribution in [0.5, 0.6) is 0 Å². The fourth-order valence-corrected chi connectivity index (χ4v) is 2.35. The molecule has 4 nitrogen and oxygen atoms in total. The average molecular weight is 287 g/mol. The van der Waals surface area contributed by atoms with Gasteiger partial charge in [-0.1, -0.05) is 23.7 Å². The predicted molar refractivity (Wildman–Crippen MR) is 77.3 cm³/mol. The number of carboxylic acid groups (broad SMARTS) is 1. The van der Waals surface area contributed by atoms with Crippen LogP contribution in [0.4, 0.5) is 0 Å². The number of halogens is 1. The lowest BCUT2D eigenvalue weighted by Crippen LogP contribution is -1.95. The minimum absolute atomic E-state index is 0.0429. The second kappa shape index (κ2) is 4.65. The van der Waals surface area contributed by atoms with E-state index in [9.17, 15) is 4.79 Å². The Morgan fingerprint density at radius 3 is 2.55 bits per heavy atom. The first-order valence-corrected chi connectivity index (χ1v) is 6.42. The zero-order valence-electron chi connectivity index (χ0n) is 10.7. The summed E-state index contributed by atoms with van der Waals surface area (Å²) >= 11 is 5.89. The highest BCUT2D eigenvalue weighted by atomic mass is 35.5. The SMILES string of the molecule is Cc1c(-c2ccc(Cl)cc2)ccc2nc(C(=O)O)cn12. The summed E-state index contributed by atoms with van der Waals surface area (Å²) in [4.78, 5) is 15.0. The van der Waals surface area contributed by atoms with Gasteiger partial charge >= 0.3 is 5.97 Å². The van der Waals surface area contributed by atoms with Gasteiger partial charge in [0.25, 0.3) is 0 Å². The van der Waals surface area contributed by atoms with E-state index in [4.69, 9.17) is 16.7 Å². The monoisotopic (exact) mass is 286 g/mol. The number of carboxylic acids is 1. The first-order valence-electron chi connectivity index (χ1n) is 6.04. The summed E-state index contributed by atoms with van der Waals surface area (Å²) in [7, 11) is 0. The molecule has 3 aromatic rings. The van der Waals surface area contributed by atoms with Gasteiger partial charge in [0.05, 0.1) is 0 Å². The molecule has 0 atom stereocenters. The molecule has 0 radical (unpaired) electrons. The van der Waals surface area contributed by atoms with Crippen LogP contribution in [0, 0.1) is 6.92 Å². The van der Waals surface area contributed by atoms with Gasteiger partial charge in [-0.3, -0.25) is 0 Å². The molecule has 0 unspecified atom stereocenters. The van der Waals surface area contributed by atoms with Gasteiger partial charge in [-0.05, 0) is 36.8 Å². The van der Waals surface area contributed by atoms with Crippen LogP contribution >= 0.6 is 11.6 Å². The number of aryl methyl sites for hydroxylation is 1. The highest BCUT2D eigenvalue weighted by Gasteiger charge is 2.12. The van der Waals surface area contributed by atoms with Gasteiger partial charge in [0.2, 0.25) is 0 Å². The summed E-state index contributed by atoms with van der Waals surface area (Å²) in [6.07, 6.45) is 1.53. The van der Waals surface area contributed by atoms with Gasteiger partial charge in [0.15, 0.2) is 5.69 Å². The number of aromatic carboxylic acids is 1. The molecular weight excluding hydrogens is 276 g/mol. The Hall–Kier alpha value is -2.33. The molecule has 0 fully saturated rings. The molecule has 0 aliphatic heterocycles. The van der Waals surface area contributed by atoms with Gasteiger partial charge in [0, 0.05) is 22.5 Å². The average Bonchev–Trinajstić information content (AvgIpc) is 2.86. The zero-order chi connectivity index (χ0) is 14.3. The maximum atomic E-state index is 11.0. The second-order valence-corrected chi connectivity index (χ2v) is 4.94. The third-order valence-corrected chi connectivity index (χ3v) is 3.51. The van der Waals surface area contributed by atoms with Crippen molar-refractivity contribution >= 4 is 23.2 Å². The molecule has 1 N–H and O–H groups in total. The molecular formula is C15H11ClN2O2. The van der Waals surface area contributed by atoms with Crippen molar-refractivity contribution in [3.05, 3.63) is 59.0 Å². The first kappa shape index (κ1) is 12.7. The number of hydrogen-bond donors (Lipinski definition) is 1. The van der Waals surface area contributed by atoms with E-state index in [-0.39, 0.29) is 5.69 Å². The van der Waals surface area contributed by atoms with Crippen LogP contribution in [-0.4, -0.2) is 20.5 Å². The summed E-state index contributed by atoms with van der Waals surface area (Å²) in [5.74, 6) is -1.03. The Morgan fingerprint density at radius 1 is 1.20 bits per heavy atom. The molecule has 0 amide bonds. The van der Waals surface area contributed by atoms with E-state index < -0.39 is 5.97 Å². The Balaban J connectivity index is 2.20. The molecule has 0 saturated heterocycles. The van der Waals surface area contributed by atoms with E-state index in [2.05, 4.69) is 4.98 Å². The molecule has 0 bridgehead atoms. The van der Waals surface area contributed by atoms with Crippen LogP contribution in [0.1, 0.15) is 16.2 Å². The van der Waals surface area contributed by atoms with Crippen LogP contribution in [0.25, 0.3) is 16.8 Å². The molecule has 1 aromatic carbocycles. The number of carbonyl (C=O) groups is 1. The Labute approximate surface area is 120 Å². The van der Waals surface area contributed by atoms with Crippen LogP contribution in [0.2, 0.25) is 5.02 Å². The van der Waals surface area contributed by atoms with Crippen LogP contribution in [-0.2, 0) is 0 Å². The lowest BCUT2D eigenvalue weighted by Gasteiger charge is -2.08. The van der Waals surface area contributed by atoms with Crippen molar-refractivity contribution in [2.45, 2.75) is 6.92 Å². The number of benzene rings is 1. The van der Waals surface area contributed by atoms with E-state index in [1.807, 2.05) is 43.3 Å². The molecule has 0 spiro atoms. The Morgan fingerprint density at radius 2 is 1.90 bits per heavy atom. The highest BCUT2D eigenvalue weighted by molar-refractivity contribution is 6.30. The minimum atomic E-state index is -1.03. The summed E-state index contributed by atoms with van der Waals surface area (Å²) < 4.78 is 1.79. The normalized spacial score (nSPS) is 10.9. The number of pyridine rings is 1. The van der Waals surface area contributed by atoms with Gasteiger partial charge in [-0.25, -0.2) is 9.78 Å². The van der Waals surface area contributed by atoms with E-state index in [1.54, 1.807) is 4.40 Å². The third-order valence-electron chi connectivity index (χ3n) is 3.26. The van der Waals surface area contributed by atoms with Crippen molar-refractivity contribution in [1.82, 2.24) is 9.38 Å². The largest absolute Gasteiger partial charge is 0.476 e. The summed E-state index contributed by atoms with van der Waals surface area (Å²) in [5.41, 5.74) is 3.65. The number of rotatable bonds is 2. The standard InChI is InChI=1S/C15H11ClN2O2/c1-9-12(10-2-4-11(16)5-3-10)6-7-14-17-13(15(19)20)8-18(9)14/h2-8H,1H3,(H,19,20). The fraction of sp³-hybridized carbons (Fsp3) is 0.0667. The van der Waals surface area contributed by atoms with Crippen molar-refractivity contribution in [3.63, 3.8) is 0 Å². The quantitative estimate of drug-likeness (QED) is 0.782. The Bertz CT molecular complexity index is 807. The van der Waals surface area contributed by atoms with E-state index in [1.165, 1.54) is 6.20 Å². The molecule has 0 saturated carbocycles. The van der Waals surface area contributed by atoms with Gasteiger partial charge in [0.1, 0.15) is 5.65 Å². The van der Waals surface area contributed by atoms with Gasteiger partial charge in [-0.15, -0.1) is 0 Å². The Kier molecular flexibility index (Phi) is 2.95. The third kappa shape index (κ3) is 2.04. The first-order chi connectivity index (χ1) is 9.56. The van der Waals surface area contributed by atoms with E-state index >= 15 is 0 Å². The smallest absolute Gasteiger partial charge is 0.356 e. The number of aromatic nitrogens is 2. The fourth-order valence-electron chi connectivity index (χ4n) is 2.23. The molecule has 2 aromatic heterocycles. The molecule has 5 heteroatoms. The number of nitrogens with zero attached hydrogens (tertiary/aromatic N) is 2. The topological polar surface area (TPSA) is 54.6 Å². The van der Waals surface area contributed by atoms with Crippen molar-refractivity contribution < 1.29 is 9.90 Å². The highest BCUT2D eigenvalue weighted by Crippen LogP contribution is 2.26. The summed E-state index contributed by atoms with van der Waals surface area (Å²) in [5, 5.41) is 9.69. The lowest BCUT2D eigenvalue weighted by molar-refractivity contribution is 0.0691. The van der Waals surface area contributed by atoms with Crippen molar-refractivity contribution in [3.8, 4) is 11.1 Å². The molecule has 20 heavy (non-hydrogen) atoms. The molecule has 0 aliphatic carbocycles. The minimum Gasteiger partial charge on any atom is -0.476 e. The van der Waals surface area contributed by atoms with E-state index in [0.717, 1.165) is 16.8 Å². The summed E-state index contributed by atoms with van der Waals surface area (Å²) in [6.45, 7) is 1.93. The van der Waals surface area contributed by atoms with Crippen LogP contribution in [0.3, 0.4) is 0 Å². The van der Waals surface area contributed by atoms with Crippen LogP contribution in [0.15, 0.2) is 42.6 Å². The van der Waals surface area contributed by atoms with Crippen LogP contribution < -0.4 is 0 Å². The maximum absolute atomic E-state index is 11.0. The van der Waals surface area contributed by atoms with E-state index in [0.29, 0.717) is 10.7 Å². The number of fused-ring (bicyclic) bond motifs is 1. The molecule has 100 valence electrons. The molecule has 0 aliphatic rings. The van der Waals surface area contributed by atoms with Gasteiger partial charge < -0.3 is 9.51 Å². The second-order valence-electron chi connectivity index (χ2n) is 4.50.